The van der Waals surface area contributed by atoms with Gasteiger partial charge in [-0.3, -0.25) is 10.7 Å². The van der Waals surface area contributed by atoms with Gasteiger partial charge in [-0.2, -0.15) is 23.5 Å². The van der Waals surface area contributed by atoms with Gasteiger partial charge >= 0.3 is 12.3 Å². The first-order valence-corrected chi connectivity index (χ1v) is 10.0. The highest BCUT2D eigenvalue weighted by atomic mass is 35.5. The van der Waals surface area contributed by atoms with Crippen LogP contribution in [0.2, 0.25) is 10.0 Å². The van der Waals surface area contributed by atoms with Crippen molar-refractivity contribution >= 4 is 46.5 Å². The Balaban J connectivity index is 2.07. The maximum absolute atomic E-state index is 13.2. The van der Waals surface area contributed by atoms with Crippen LogP contribution in [0.1, 0.15) is 11.1 Å². The van der Waals surface area contributed by atoms with Crippen molar-refractivity contribution in [1.29, 1.82) is 5.26 Å². The lowest BCUT2D eigenvalue weighted by atomic mass is 10.00. The van der Waals surface area contributed by atoms with Gasteiger partial charge in [0.15, 0.2) is 12.3 Å². The summed E-state index contributed by atoms with van der Waals surface area (Å²) in [5.41, 5.74) is 7.20. The zero-order chi connectivity index (χ0) is 25.0. The largest absolute Gasteiger partial charge is 0.494 e. The van der Waals surface area contributed by atoms with E-state index in [1.54, 1.807) is 12.3 Å². The number of nitrogens with two attached hydrogens (primary N) is 1. The Morgan fingerprint density at radius 2 is 2.00 bits per heavy atom. The van der Waals surface area contributed by atoms with Gasteiger partial charge in [-0.25, -0.2) is 9.79 Å². The lowest BCUT2D eigenvalue weighted by Gasteiger charge is -2.21. The Hall–Kier alpha value is -3.69. The van der Waals surface area contributed by atoms with E-state index in [2.05, 4.69) is 20.8 Å². The molecule has 3 rings (SSSR count). The summed E-state index contributed by atoms with van der Waals surface area (Å²) in [4.78, 5) is 15.7. The van der Waals surface area contributed by atoms with Gasteiger partial charge in [0.25, 0.3) is 0 Å². The van der Waals surface area contributed by atoms with Crippen LogP contribution in [-0.2, 0) is 10.9 Å². The third-order valence-corrected chi connectivity index (χ3v) is 5.32. The molecule has 178 valence electrons. The number of carbonyl (C=O) groups excluding carboxylic acids is 1. The number of aliphatic imine (C=N–C) groups is 1. The predicted molar refractivity (Wildman–Crippen MR) is 118 cm³/mol. The van der Waals surface area contributed by atoms with Crippen molar-refractivity contribution in [2.75, 3.05) is 7.11 Å². The summed E-state index contributed by atoms with van der Waals surface area (Å²) in [5, 5.41) is 16.1. The van der Waals surface area contributed by atoms with Crippen molar-refractivity contribution in [3.8, 4) is 11.9 Å². The Bertz CT molecular complexity index is 1210. The van der Waals surface area contributed by atoms with E-state index < -0.39 is 30.0 Å². The minimum Gasteiger partial charge on any atom is -0.494 e. The molecule has 14 heteroatoms. The Morgan fingerprint density at radius 3 is 2.59 bits per heavy atom. The lowest BCUT2D eigenvalue weighted by Crippen LogP contribution is -2.49. The number of amidine groups is 1. The molecule has 9 nitrogen and oxygen atoms in total. The van der Waals surface area contributed by atoms with Crippen molar-refractivity contribution in [2.45, 2.75) is 18.3 Å². The topological polar surface area (TPSA) is 134 Å². The van der Waals surface area contributed by atoms with Crippen LogP contribution >= 0.6 is 23.2 Å². The quantitative estimate of drug-likeness (QED) is 0.239. The number of rotatable bonds is 5. The molecule has 2 aromatic rings. The van der Waals surface area contributed by atoms with Gasteiger partial charge in [-0.05, 0) is 30.3 Å². The van der Waals surface area contributed by atoms with Crippen LogP contribution in [0, 0.1) is 11.5 Å². The number of ether oxygens (including phenoxy) is 2. The number of hydrogen-bond donors (Lipinski definition) is 3. The predicted octanol–water partition coefficient (Wildman–Crippen LogP) is 3.96. The molecular weight excluding hydrogens is 500 g/mol. The molecule has 1 aliphatic heterocycles. The molecule has 4 N–H and O–H groups in total. The second kappa shape index (κ2) is 10.1. The maximum Gasteiger partial charge on any atom is 0.416 e. The van der Waals surface area contributed by atoms with E-state index in [1.807, 2.05) is 0 Å². The first-order valence-electron chi connectivity index (χ1n) is 9.28. The number of nitrogens with zero attached hydrogens (tertiary/aromatic N) is 3. The molecule has 0 aromatic heterocycles. The number of methoxy groups -OCH3 is 1. The van der Waals surface area contributed by atoms with Crippen LogP contribution in [0.15, 0.2) is 46.5 Å². The molecule has 0 radical (unpaired) electrons. The highest BCUT2D eigenvalue weighted by Gasteiger charge is 2.40. The van der Waals surface area contributed by atoms with Gasteiger partial charge < -0.3 is 15.2 Å². The highest BCUT2D eigenvalue weighted by Crippen LogP contribution is 2.36. The van der Waals surface area contributed by atoms with E-state index in [9.17, 15) is 23.2 Å². The number of alkyl halides is 3. The number of halogens is 5. The van der Waals surface area contributed by atoms with E-state index in [-0.39, 0.29) is 33.0 Å². The van der Waals surface area contributed by atoms with Crippen molar-refractivity contribution in [2.24, 2.45) is 15.8 Å². The minimum atomic E-state index is -4.65. The molecule has 2 atom stereocenters. The average molecular weight is 515 g/mol. The molecule has 1 amide bonds. The molecule has 0 saturated carbocycles. The summed E-state index contributed by atoms with van der Waals surface area (Å²) in [6.45, 7) is 0. The first kappa shape index (κ1) is 24.9. The summed E-state index contributed by atoms with van der Waals surface area (Å²) in [5.74, 6) is -0.216. The third-order valence-electron chi connectivity index (χ3n) is 4.58. The number of amides is 1. The third kappa shape index (κ3) is 5.44. The molecule has 2 unspecified atom stereocenters. The van der Waals surface area contributed by atoms with Crippen LogP contribution in [0.25, 0.3) is 0 Å². The van der Waals surface area contributed by atoms with E-state index in [4.69, 9.17) is 38.4 Å². The Kier molecular flexibility index (Phi) is 7.38. The van der Waals surface area contributed by atoms with Crippen LogP contribution in [0.4, 0.5) is 23.7 Å². The van der Waals surface area contributed by atoms with E-state index in [0.29, 0.717) is 5.56 Å². The average Bonchev–Trinajstić information content (AvgIpc) is 3.17. The van der Waals surface area contributed by atoms with Gasteiger partial charge in [0.05, 0.1) is 22.7 Å². The van der Waals surface area contributed by atoms with Crippen molar-refractivity contribution in [1.82, 2.24) is 10.7 Å². The van der Waals surface area contributed by atoms with Gasteiger partial charge in [0.1, 0.15) is 29.0 Å². The Morgan fingerprint density at radius 1 is 1.26 bits per heavy atom. The second-order valence-corrected chi connectivity index (χ2v) is 7.52. The van der Waals surface area contributed by atoms with Crippen LogP contribution in [-0.4, -0.2) is 36.9 Å². The molecule has 0 fully saturated rings. The second-order valence-electron chi connectivity index (χ2n) is 6.71. The number of carbonyl (C=O) groups is 1. The SMILES string of the molecule is COc1ccc(C(F)(F)F)cc1N=C(NC#N)C1NN=C(c2ccc(Cl)c(Cl)c2)C1OC(N)=O. The van der Waals surface area contributed by atoms with Crippen molar-refractivity contribution in [3.05, 3.63) is 57.6 Å². The number of benzene rings is 2. The number of primary amides is 1. The molecule has 2 aromatic carbocycles. The van der Waals surface area contributed by atoms with E-state index in [1.165, 1.54) is 19.2 Å². The first-order chi connectivity index (χ1) is 16.0. The number of nitriles is 1. The number of hydrogen-bond acceptors (Lipinski definition) is 7. The Labute approximate surface area is 200 Å². The molecule has 0 spiro atoms. The van der Waals surface area contributed by atoms with Crippen LogP contribution < -0.4 is 21.2 Å². The summed E-state index contributed by atoms with van der Waals surface area (Å²) < 4.78 is 49.9. The molecule has 0 bridgehead atoms. The monoisotopic (exact) mass is 514 g/mol. The van der Waals surface area contributed by atoms with Crippen molar-refractivity contribution < 1.29 is 27.4 Å². The number of nitrogens with one attached hydrogen (secondary N) is 2. The molecule has 0 aliphatic carbocycles. The smallest absolute Gasteiger partial charge is 0.416 e. The molecule has 34 heavy (non-hydrogen) atoms. The summed E-state index contributed by atoms with van der Waals surface area (Å²) in [7, 11) is 1.25. The normalized spacial score (nSPS) is 17.9. The molecular formula is C20H15Cl2F3N6O3. The molecule has 1 heterocycles. The van der Waals surface area contributed by atoms with Gasteiger partial charge in [-0.15, -0.1) is 0 Å². The summed E-state index contributed by atoms with van der Waals surface area (Å²) >= 11 is 12.0. The molecule has 1 aliphatic rings. The maximum atomic E-state index is 13.2. The summed E-state index contributed by atoms with van der Waals surface area (Å²) in [6.07, 6.45) is -5.40. The summed E-state index contributed by atoms with van der Waals surface area (Å²) in [6, 6.07) is 6.05. The van der Waals surface area contributed by atoms with Gasteiger partial charge in [0.2, 0.25) is 0 Å². The van der Waals surface area contributed by atoms with E-state index >= 15 is 0 Å². The minimum absolute atomic E-state index is 0.00114. The van der Waals surface area contributed by atoms with Crippen LogP contribution in [0.3, 0.4) is 0 Å². The standard InChI is InChI=1S/C20H15Cl2F3N6O3/c1-33-14-5-3-10(20(23,24)25)7-13(14)29-18(28-8-26)16-17(34-19(27)32)15(30-31-16)9-2-4-11(21)12(22)6-9/h2-7,16-17,31H,1H3,(H2,27,32)(H,28,29). The highest BCUT2D eigenvalue weighted by molar-refractivity contribution is 6.42. The zero-order valence-electron chi connectivity index (χ0n) is 17.2. The fourth-order valence-electron chi connectivity index (χ4n) is 3.08. The fraction of sp³-hybridized carbons (Fsp3) is 0.200. The number of hydrazone groups is 1. The molecule has 0 saturated heterocycles. The zero-order valence-corrected chi connectivity index (χ0v) is 18.7. The van der Waals surface area contributed by atoms with Gasteiger partial charge in [-0.1, -0.05) is 29.3 Å². The fourth-order valence-corrected chi connectivity index (χ4v) is 3.38. The lowest BCUT2D eigenvalue weighted by molar-refractivity contribution is -0.137. The van der Waals surface area contributed by atoms with Crippen molar-refractivity contribution in [3.63, 3.8) is 0 Å². The van der Waals surface area contributed by atoms with E-state index in [0.717, 1.165) is 18.2 Å². The van der Waals surface area contributed by atoms with Gasteiger partial charge in [0, 0.05) is 5.56 Å². The van der Waals surface area contributed by atoms with Crippen LogP contribution in [0.5, 0.6) is 5.75 Å².